The Kier molecular flexibility index (Phi) is 14.1. The van der Waals surface area contributed by atoms with Crippen molar-refractivity contribution in [2.45, 2.75) is 63.7 Å². The Morgan fingerprint density at radius 1 is 0.673 bits per heavy atom. The van der Waals surface area contributed by atoms with E-state index in [1.165, 1.54) is 36.2 Å². The summed E-state index contributed by atoms with van der Waals surface area (Å²) in [5, 5.41) is 27.7. The van der Waals surface area contributed by atoms with E-state index in [4.69, 9.17) is 11.5 Å². The summed E-state index contributed by atoms with van der Waals surface area (Å²) >= 11 is 0. The van der Waals surface area contributed by atoms with Crippen molar-refractivity contribution in [1.29, 1.82) is 0 Å². The van der Waals surface area contributed by atoms with Gasteiger partial charge in [-0.1, -0.05) is 68.4 Å². The van der Waals surface area contributed by atoms with Crippen LogP contribution in [0.25, 0.3) is 0 Å². The second kappa shape index (κ2) is 18.2. The molecule has 0 aromatic heterocycles. The van der Waals surface area contributed by atoms with Crippen molar-refractivity contribution in [3.63, 3.8) is 0 Å². The second-order valence-corrected chi connectivity index (χ2v) is 12.4. The summed E-state index contributed by atoms with van der Waals surface area (Å²) in [4.78, 5) is 67.7. The molecule has 9 N–H and O–H groups in total. The average molecular weight is 675 g/mol. The van der Waals surface area contributed by atoms with Crippen LogP contribution in [0.4, 0.5) is 0 Å². The lowest BCUT2D eigenvalue weighted by Crippen LogP contribution is -2.59. The molecule has 3 rings (SSSR count). The van der Waals surface area contributed by atoms with Crippen LogP contribution in [0.1, 0.15) is 37.0 Å². The third kappa shape index (κ3) is 12.0. The molecule has 0 aliphatic carbocycles. The van der Waals surface area contributed by atoms with E-state index in [1.807, 2.05) is 19.9 Å². The van der Waals surface area contributed by atoms with E-state index in [9.17, 15) is 34.2 Å². The normalized spacial score (nSPS) is 13.4. The maximum Gasteiger partial charge on any atom is 0.245 e. The van der Waals surface area contributed by atoms with Gasteiger partial charge in [0.15, 0.2) is 0 Å². The zero-order chi connectivity index (χ0) is 36.1. The first-order valence-electron chi connectivity index (χ1n) is 16.0. The van der Waals surface area contributed by atoms with Crippen molar-refractivity contribution in [2.75, 3.05) is 13.6 Å². The topological polar surface area (TPSA) is 217 Å². The molecular weight excluding hydrogens is 628 g/mol. The molecule has 0 radical (unpaired) electrons. The van der Waals surface area contributed by atoms with Gasteiger partial charge in [-0.25, -0.2) is 0 Å². The van der Waals surface area contributed by atoms with Gasteiger partial charge in [0.25, 0.3) is 0 Å². The van der Waals surface area contributed by atoms with Crippen LogP contribution in [0.15, 0.2) is 78.9 Å². The number of phenolic OH excluding ortho intramolecular Hbond substituents is 2. The van der Waals surface area contributed by atoms with Crippen molar-refractivity contribution in [3.05, 3.63) is 95.6 Å². The van der Waals surface area contributed by atoms with Crippen molar-refractivity contribution >= 4 is 29.5 Å². The van der Waals surface area contributed by atoms with Crippen molar-refractivity contribution in [3.8, 4) is 11.5 Å². The highest BCUT2D eigenvalue weighted by Gasteiger charge is 2.35. The summed E-state index contributed by atoms with van der Waals surface area (Å²) in [5.41, 5.74) is 13.1. The maximum absolute atomic E-state index is 14.2. The zero-order valence-corrected chi connectivity index (χ0v) is 28.0. The number of nitrogens with two attached hydrogens (primary N) is 2. The molecule has 0 fully saturated rings. The molecule has 0 aliphatic heterocycles. The molecule has 3 aromatic carbocycles. The monoisotopic (exact) mass is 674 g/mol. The van der Waals surface area contributed by atoms with Crippen molar-refractivity contribution < 1.29 is 34.2 Å². The summed E-state index contributed by atoms with van der Waals surface area (Å²) in [7, 11) is 1.44. The van der Waals surface area contributed by atoms with Gasteiger partial charge in [-0.15, -0.1) is 0 Å². The number of amides is 5. The van der Waals surface area contributed by atoms with Crippen molar-refractivity contribution in [2.24, 2.45) is 17.4 Å². The highest BCUT2D eigenvalue weighted by Crippen LogP contribution is 2.17. The molecule has 262 valence electrons. The van der Waals surface area contributed by atoms with E-state index in [0.29, 0.717) is 11.1 Å². The lowest BCUT2D eigenvalue weighted by molar-refractivity contribution is -0.142. The number of nitrogens with zero attached hydrogens (tertiary/aromatic N) is 1. The molecule has 0 aliphatic rings. The standard InChI is InChI=1S/C36H46N6O7/c1-22(2)17-30(39-32(45)21-37)36(49)42(3)31(20-25-11-15-27(44)16-12-25)35(48)41-29(19-24-9-13-26(43)14-10-24)34(47)40-28(33(38)46)18-23-7-5-4-6-8-23/h4-16,22,28-31,43-44H,17-21,37H2,1-3H3,(H2,38,46)(H,39,45)(H,40,47)(H,41,48). The predicted molar refractivity (Wildman–Crippen MR) is 184 cm³/mol. The van der Waals surface area contributed by atoms with Crippen LogP contribution in [0, 0.1) is 5.92 Å². The first-order chi connectivity index (χ1) is 23.3. The molecule has 0 bridgehead atoms. The minimum absolute atomic E-state index is 0.000939. The fourth-order valence-corrected chi connectivity index (χ4v) is 5.30. The number of phenols is 2. The fourth-order valence-electron chi connectivity index (χ4n) is 5.30. The Hall–Kier alpha value is -5.43. The number of hydrogen-bond donors (Lipinski definition) is 7. The summed E-state index contributed by atoms with van der Waals surface area (Å²) in [6.07, 6.45) is 0.373. The largest absolute Gasteiger partial charge is 0.508 e. The Bertz CT molecular complexity index is 1560. The molecule has 5 amide bonds. The smallest absolute Gasteiger partial charge is 0.245 e. The molecule has 0 spiro atoms. The molecule has 13 nitrogen and oxygen atoms in total. The van der Waals surface area contributed by atoms with Gasteiger partial charge in [-0.2, -0.15) is 0 Å². The van der Waals surface area contributed by atoms with E-state index >= 15 is 0 Å². The summed E-state index contributed by atoms with van der Waals surface area (Å²) in [6, 6.07) is 16.7. The summed E-state index contributed by atoms with van der Waals surface area (Å²) in [6.45, 7) is 3.45. The minimum Gasteiger partial charge on any atom is -0.508 e. The van der Waals surface area contributed by atoms with Gasteiger partial charge in [0.05, 0.1) is 6.54 Å². The molecular formula is C36H46N6O7. The van der Waals surface area contributed by atoms with Gasteiger partial charge in [0.2, 0.25) is 29.5 Å². The highest BCUT2D eigenvalue weighted by molar-refractivity contribution is 5.95. The Morgan fingerprint density at radius 3 is 1.67 bits per heavy atom. The lowest BCUT2D eigenvalue weighted by Gasteiger charge is -2.33. The molecule has 3 aromatic rings. The molecule has 4 unspecified atom stereocenters. The average Bonchev–Trinajstić information content (AvgIpc) is 3.07. The van der Waals surface area contributed by atoms with Crippen LogP contribution in [0.3, 0.4) is 0 Å². The number of benzene rings is 3. The van der Waals surface area contributed by atoms with E-state index in [0.717, 1.165) is 5.56 Å². The fraction of sp³-hybridized carbons (Fsp3) is 0.361. The number of aromatic hydroxyl groups is 2. The van der Waals surface area contributed by atoms with Crippen molar-refractivity contribution in [1.82, 2.24) is 20.9 Å². The van der Waals surface area contributed by atoms with Gasteiger partial charge in [0.1, 0.15) is 35.7 Å². The number of rotatable bonds is 17. The zero-order valence-electron chi connectivity index (χ0n) is 28.0. The Balaban J connectivity index is 1.96. The molecule has 4 atom stereocenters. The predicted octanol–water partition coefficient (Wildman–Crippen LogP) is 0.897. The molecule has 13 heteroatoms. The van der Waals surface area contributed by atoms with Crippen LogP contribution >= 0.6 is 0 Å². The van der Waals surface area contributed by atoms with E-state index in [-0.39, 0.29) is 49.6 Å². The first kappa shape index (κ1) is 38.0. The Morgan fingerprint density at radius 2 is 1.16 bits per heavy atom. The maximum atomic E-state index is 14.2. The number of carbonyl (C=O) groups is 5. The number of hydrogen-bond acceptors (Lipinski definition) is 8. The van der Waals surface area contributed by atoms with Gasteiger partial charge in [0, 0.05) is 26.3 Å². The van der Waals surface area contributed by atoms with Crippen LogP contribution in [-0.4, -0.2) is 82.4 Å². The third-order valence-electron chi connectivity index (χ3n) is 7.96. The van der Waals surface area contributed by atoms with Crippen LogP contribution in [-0.2, 0) is 43.2 Å². The number of nitrogens with one attached hydrogen (secondary N) is 3. The van der Waals surface area contributed by atoms with Gasteiger partial charge >= 0.3 is 0 Å². The van der Waals surface area contributed by atoms with Crippen LogP contribution in [0.2, 0.25) is 0 Å². The molecule has 0 heterocycles. The molecule has 0 saturated carbocycles. The van der Waals surface area contributed by atoms with Gasteiger partial charge in [-0.3, -0.25) is 24.0 Å². The van der Waals surface area contributed by atoms with Gasteiger partial charge < -0.3 is 42.5 Å². The second-order valence-electron chi connectivity index (χ2n) is 12.4. The minimum atomic E-state index is -1.23. The van der Waals surface area contributed by atoms with Crippen LogP contribution in [0.5, 0.6) is 11.5 Å². The number of carbonyl (C=O) groups excluding carboxylic acids is 5. The van der Waals surface area contributed by atoms with Crippen LogP contribution < -0.4 is 27.4 Å². The molecule has 49 heavy (non-hydrogen) atoms. The van der Waals surface area contributed by atoms with E-state index in [1.54, 1.807) is 48.5 Å². The SMILES string of the molecule is CC(C)CC(NC(=O)CN)C(=O)N(C)C(Cc1ccc(O)cc1)C(=O)NC(Cc1ccc(O)cc1)C(=O)NC(Cc1ccccc1)C(N)=O. The third-order valence-corrected chi connectivity index (χ3v) is 7.96. The summed E-state index contributed by atoms with van der Waals surface area (Å²) in [5.74, 6) is -3.17. The number of primary amides is 1. The van der Waals surface area contributed by atoms with Gasteiger partial charge in [-0.05, 0) is 53.3 Å². The quantitative estimate of drug-likeness (QED) is 0.109. The highest BCUT2D eigenvalue weighted by atomic mass is 16.3. The van der Waals surface area contributed by atoms with E-state index < -0.39 is 53.7 Å². The Labute approximate surface area is 286 Å². The lowest BCUT2D eigenvalue weighted by atomic mass is 9.98. The first-order valence-corrected chi connectivity index (χ1v) is 16.0. The summed E-state index contributed by atoms with van der Waals surface area (Å²) < 4.78 is 0. The molecule has 0 saturated heterocycles. The van der Waals surface area contributed by atoms with E-state index in [2.05, 4.69) is 16.0 Å². The number of likely N-dealkylation sites (N-methyl/N-ethyl adjacent to an activating group) is 1.